The smallest absolute Gasteiger partial charge is 0.349 e. The molecule has 2 aromatic rings. The number of hydrogen-bond donors (Lipinski definition) is 3. The van der Waals surface area contributed by atoms with Crippen LogP contribution in [0.2, 0.25) is 0 Å². The molecule has 0 spiro atoms. The lowest BCUT2D eigenvalue weighted by Crippen LogP contribution is -2.22. The number of rotatable bonds is 9. The van der Waals surface area contributed by atoms with Gasteiger partial charge in [-0.1, -0.05) is 27.7 Å². The third-order valence-corrected chi connectivity index (χ3v) is 6.52. The van der Waals surface area contributed by atoms with Crippen LogP contribution in [0.5, 0.6) is 11.5 Å². The van der Waals surface area contributed by atoms with Crippen LogP contribution in [0.4, 0.5) is 0 Å². The van der Waals surface area contributed by atoms with Crippen molar-refractivity contribution in [2.24, 2.45) is 0 Å². The Kier molecular flexibility index (Phi) is 8.44. The molecule has 0 amide bonds. The normalized spacial score (nSPS) is 12.8. The molecule has 0 unspecified atom stereocenters. The standard InChI is InChI=1S/C26H36O8S/c1-15(2)21-12-20(13-22(16(3)4)24(21)35(30,31)32)34-23(27)14-33-19-10-17(25(5,6)28)9-18(11-19)26(7,8)29/h9-13,15-16,28-29H,14H2,1-8H3,(H,30,31,32). The van der Waals surface area contributed by atoms with E-state index >= 15 is 0 Å². The average Bonchev–Trinajstić information content (AvgIpc) is 2.69. The minimum Gasteiger partial charge on any atom is -0.482 e. The van der Waals surface area contributed by atoms with Crippen molar-refractivity contribution < 1.29 is 37.5 Å². The van der Waals surface area contributed by atoms with Gasteiger partial charge in [0.15, 0.2) is 6.61 Å². The molecule has 0 aromatic heterocycles. The maximum absolute atomic E-state index is 12.6. The summed E-state index contributed by atoms with van der Waals surface area (Å²) in [6.07, 6.45) is 0. The SMILES string of the molecule is CC(C)c1cc(OC(=O)COc2cc(C(C)(C)O)cc(C(C)(C)O)c2)cc(C(C)C)c1S(=O)(=O)O. The van der Waals surface area contributed by atoms with E-state index in [1.165, 1.54) is 12.1 Å². The van der Waals surface area contributed by atoms with Gasteiger partial charge in [0, 0.05) is 0 Å². The third-order valence-electron chi connectivity index (χ3n) is 5.53. The van der Waals surface area contributed by atoms with Gasteiger partial charge in [-0.25, -0.2) is 4.79 Å². The van der Waals surface area contributed by atoms with Crippen LogP contribution in [0.15, 0.2) is 35.2 Å². The van der Waals surface area contributed by atoms with Gasteiger partial charge in [0.2, 0.25) is 0 Å². The second kappa shape index (κ2) is 10.3. The van der Waals surface area contributed by atoms with Crippen molar-refractivity contribution in [3.63, 3.8) is 0 Å². The molecule has 9 heteroatoms. The van der Waals surface area contributed by atoms with Crippen molar-refractivity contribution in [2.45, 2.75) is 83.3 Å². The van der Waals surface area contributed by atoms with E-state index < -0.39 is 33.9 Å². The van der Waals surface area contributed by atoms with Crippen LogP contribution in [0.3, 0.4) is 0 Å². The summed E-state index contributed by atoms with van der Waals surface area (Å²) in [5.41, 5.74) is -0.705. The minimum atomic E-state index is -4.48. The van der Waals surface area contributed by atoms with E-state index in [1.807, 2.05) is 0 Å². The van der Waals surface area contributed by atoms with Crippen LogP contribution in [-0.4, -0.2) is 35.8 Å². The van der Waals surface area contributed by atoms with E-state index in [1.54, 1.807) is 73.6 Å². The lowest BCUT2D eigenvalue weighted by atomic mass is 9.90. The average molecular weight is 509 g/mol. The van der Waals surface area contributed by atoms with E-state index in [4.69, 9.17) is 9.47 Å². The van der Waals surface area contributed by atoms with Crippen molar-refractivity contribution in [3.05, 3.63) is 52.6 Å². The van der Waals surface area contributed by atoms with Crippen LogP contribution in [-0.2, 0) is 26.1 Å². The quantitative estimate of drug-likeness (QED) is 0.254. The molecule has 35 heavy (non-hydrogen) atoms. The number of ether oxygens (including phenoxy) is 2. The zero-order chi connectivity index (χ0) is 26.9. The lowest BCUT2D eigenvalue weighted by molar-refractivity contribution is -0.136. The van der Waals surface area contributed by atoms with Gasteiger partial charge in [0.05, 0.1) is 11.2 Å². The summed E-state index contributed by atoms with van der Waals surface area (Å²) in [4.78, 5) is 12.4. The number of benzene rings is 2. The van der Waals surface area contributed by atoms with E-state index in [0.29, 0.717) is 22.3 Å². The lowest BCUT2D eigenvalue weighted by Gasteiger charge is -2.24. The Hall–Kier alpha value is -2.46. The Morgan fingerprint density at radius 2 is 1.26 bits per heavy atom. The van der Waals surface area contributed by atoms with Gasteiger partial charge >= 0.3 is 5.97 Å². The van der Waals surface area contributed by atoms with Crippen LogP contribution in [0.25, 0.3) is 0 Å². The van der Waals surface area contributed by atoms with Crippen molar-refractivity contribution in [3.8, 4) is 11.5 Å². The van der Waals surface area contributed by atoms with Crippen LogP contribution in [0, 0.1) is 0 Å². The highest BCUT2D eigenvalue weighted by molar-refractivity contribution is 7.86. The van der Waals surface area contributed by atoms with E-state index in [-0.39, 0.29) is 28.2 Å². The van der Waals surface area contributed by atoms with Gasteiger partial charge in [0.25, 0.3) is 10.1 Å². The highest BCUT2D eigenvalue weighted by Gasteiger charge is 2.26. The molecule has 0 bridgehead atoms. The number of esters is 1. The largest absolute Gasteiger partial charge is 0.482 e. The summed E-state index contributed by atoms with van der Waals surface area (Å²) in [7, 11) is -4.48. The fourth-order valence-electron chi connectivity index (χ4n) is 3.55. The Labute approximate surface area is 207 Å². The fourth-order valence-corrected chi connectivity index (χ4v) is 4.74. The van der Waals surface area contributed by atoms with Crippen molar-refractivity contribution in [2.75, 3.05) is 6.61 Å². The monoisotopic (exact) mass is 508 g/mol. The second-order valence-electron chi connectivity index (χ2n) is 10.3. The summed E-state index contributed by atoms with van der Waals surface area (Å²) >= 11 is 0. The molecule has 0 aliphatic rings. The fraction of sp³-hybridized carbons (Fsp3) is 0.500. The molecule has 0 radical (unpaired) electrons. The molecule has 2 rings (SSSR count). The first-order chi connectivity index (χ1) is 15.8. The molecule has 0 saturated heterocycles. The Balaban J connectivity index is 2.34. The van der Waals surface area contributed by atoms with Crippen molar-refractivity contribution in [1.29, 1.82) is 0 Å². The number of hydrogen-bond acceptors (Lipinski definition) is 7. The Morgan fingerprint density at radius 3 is 1.60 bits per heavy atom. The Bertz CT molecular complexity index is 1120. The summed E-state index contributed by atoms with van der Waals surface area (Å²) in [5.74, 6) is -0.840. The van der Waals surface area contributed by atoms with Gasteiger partial charge in [-0.05, 0) is 92.1 Å². The number of carbonyl (C=O) groups excluding carboxylic acids is 1. The first kappa shape index (κ1) is 28.8. The minimum absolute atomic E-state index is 0.140. The predicted octanol–water partition coefficient (Wildman–Crippen LogP) is 4.62. The highest BCUT2D eigenvalue weighted by Crippen LogP contribution is 2.36. The molecular formula is C26H36O8S. The van der Waals surface area contributed by atoms with E-state index in [9.17, 15) is 28.0 Å². The first-order valence-electron chi connectivity index (χ1n) is 11.4. The molecule has 0 aliphatic carbocycles. The molecular weight excluding hydrogens is 472 g/mol. The topological polar surface area (TPSA) is 130 Å². The van der Waals surface area contributed by atoms with E-state index in [2.05, 4.69) is 0 Å². The van der Waals surface area contributed by atoms with Crippen LogP contribution in [0.1, 0.15) is 89.5 Å². The molecule has 194 valence electrons. The van der Waals surface area contributed by atoms with E-state index in [0.717, 1.165) is 0 Å². The van der Waals surface area contributed by atoms with Crippen molar-refractivity contribution in [1.82, 2.24) is 0 Å². The molecule has 2 aromatic carbocycles. The molecule has 0 saturated carbocycles. The summed E-state index contributed by atoms with van der Waals surface area (Å²) in [6.45, 7) is 13.0. The zero-order valence-corrected chi connectivity index (χ0v) is 22.4. The number of carbonyl (C=O) groups is 1. The second-order valence-corrected chi connectivity index (χ2v) is 11.7. The third kappa shape index (κ3) is 7.51. The maximum atomic E-state index is 12.6. The zero-order valence-electron chi connectivity index (χ0n) is 21.5. The summed E-state index contributed by atoms with van der Waals surface area (Å²) in [5, 5.41) is 20.8. The molecule has 3 N–H and O–H groups in total. The van der Waals surface area contributed by atoms with Gasteiger partial charge in [-0.2, -0.15) is 8.42 Å². The molecule has 8 nitrogen and oxygen atoms in total. The van der Waals surface area contributed by atoms with Crippen molar-refractivity contribution >= 4 is 16.1 Å². The summed E-state index contributed by atoms with van der Waals surface area (Å²) < 4.78 is 45.0. The first-order valence-corrected chi connectivity index (χ1v) is 12.8. The van der Waals surface area contributed by atoms with Gasteiger partial charge < -0.3 is 19.7 Å². The Morgan fingerprint density at radius 1 is 0.829 bits per heavy atom. The predicted molar refractivity (Wildman–Crippen MR) is 132 cm³/mol. The van der Waals surface area contributed by atoms with Crippen LogP contribution >= 0.6 is 0 Å². The van der Waals surface area contributed by atoms with Crippen LogP contribution < -0.4 is 9.47 Å². The molecule has 0 aliphatic heterocycles. The maximum Gasteiger partial charge on any atom is 0.349 e. The van der Waals surface area contributed by atoms with Gasteiger partial charge in [-0.15, -0.1) is 0 Å². The molecule has 0 heterocycles. The van der Waals surface area contributed by atoms with Gasteiger partial charge in [-0.3, -0.25) is 4.55 Å². The molecule has 0 atom stereocenters. The molecule has 0 fully saturated rings. The number of aliphatic hydroxyl groups is 2. The highest BCUT2D eigenvalue weighted by atomic mass is 32.2. The summed E-state index contributed by atoms with van der Waals surface area (Å²) in [6, 6.07) is 7.69. The van der Waals surface area contributed by atoms with Gasteiger partial charge in [0.1, 0.15) is 16.4 Å².